The summed E-state index contributed by atoms with van der Waals surface area (Å²) in [6, 6.07) is 1.04. The van der Waals surface area contributed by atoms with E-state index in [2.05, 4.69) is 9.68 Å². The molecular weight excluding hydrogens is 126 g/mol. The van der Waals surface area contributed by atoms with Gasteiger partial charge in [-0.3, -0.25) is 14.6 Å². The van der Waals surface area contributed by atoms with Crippen LogP contribution < -0.4 is 5.73 Å². The van der Waals surface area contributed by atoms with Crippen LogP contribution in [0.4, 0.5) is 11.7 Å². The van der Waals surface area contributed by atoms with Gasteiger partial charge < -0.3 is 5.73 Å². The van der Waals surface area contributed by atoms with E-state index in [-0.39, 0.29) is 5.82 Å². The van der Waals surface area contributed by atoms with Crippen LogP contribution in [0.15, 0.2) is 10.6 Å². The molecule has 0 aliphatic heterocycles. The van der Waals surface area contributed by atoms with E-state index in [1.54, 1.807) is 0 Å². The summed E-state index contributed by atoms with van der Waals surface area (Å²) < 4.78 is 4.15. The molecule has 0 fully saturated rings. The molecule has 48 valence electrons. The zero-order valence-electron chi connectivity index (χ0n) is 4.27. The average Bonchev–Trinajstić information content (AvgIpc) is 2.14. The van der Waals surface area contributed by atoms with E-state index in [0.29, 0.717) is 0 Å². The normalized spacial score (nSPS) is 9.33. The Hall–Kier alpha value is -1.59. The predicted octanol–water partition coefficient (Wildman–Crippen LogP) is 0.165. The Kier molecular flexibility index (Phi) is 1.07. The Morgan fingerprint density at radius 2 is 2.56 bits per heavy atom. The molecule has 0 atom stereocenters. The van der Waals surface area contributed by atoms with Crippen LogP contribution >= 0.6 is 0 Å². The summed E-state index contributed by atoms with van der Waals surface area (Å²) in [5.74, 6) is -0.422. The number of nitrogen functional groups attached to an aromatic ring is 1. The molecule has 1 aromatic heterocycles. The van der Waals surface area contributed by atoms with Gasteiger partial charge >= 0.3 is 5.88 Å². The SMILES string of the molecule is Nc1cc([N+](=O)[O-])on1. The highest BCUT2D eigenvalue weighted by Gasteiger charge is 2.10. The van der Waals surface area contributed by atoms with E-state index >= 15 is 0 Å². The first kappa shape index (κ1) is 5.54. The number of aromatic nitrogens is 1. The van der Waals surface area contributed by atoms with Crippen molar-refractivity contribution in [1.82, 2.24) is 5.16 Å². The third-order valence-electron chi connectivity index (χ3n) is 0.696. The Bertz CT molecular complexity index is 230. The number of hydrogen-bond donors (Lipinski definition) is 1. The maximum Gasteiger partial charge on any atom is 0.457 e. The van der Waals surface area contributed by atoms with Gasteiger partial charge in [0, 0.05) is 0 Å². The van der Waals surface area contributed by atoms with E-state index < -0.39 is 10.8 Å². The minimum absolute atomic E-state index is 0.0155. The van der Waals surface area contributed by atoms with Crippen LogP contribution in [-0.2, 0) is 0 Å². The van der Waals surface area contributed by atoms with E-state index in [1.165, 1.54) is 0 Å². The topological polar surface area (TPSA) is 95.2 Å². The van der Waals surface area contributed by atoms with E-state index in [4.69, 9.17) is 5.73 Å². The minimum Gasteiger partial charge on any atom is -0.381 e. The second-order valence-electron chi connectivity index (χ2n) is 1.35. The van der Waals surface area contributed by atoms with Gasteiger partial charge in [-0.2, -0.15) is 0 Å². The van der Waals surface area contributed by atoms with Crippen LogP contribution in [0.3, 0.4) is 0 Å². The first-order chi connectivity index (χ1) is 4.20. The van der Waals surface area contributed by atoms with Crippen LogP contribution in [0.25, 0.3) is 0 Å². The molecule has 1 rings (SSSR count). The van der Waals surface area contributed by atoms with Crippen molar-refractivity contribution in [2.24, 2.45) is 0 Å². The van der Waals surface area contributed by atoms with Gasteiger partial charge in [-0.15, -0.1) is 0 Å². The highest BCUT2D eigenvalue weighted by Crippen LogP contribution is 2.12. The summed E-state index contributed by atoms with van der Waals surface area (Å²) >= 11 is 0. The van der Waals surface area contributed by atoms with Crippen molar-refractivity contribution in [3.63, 3.8) is 0 Å². The highest BCUT2D eigenvalue weighted by molar-refractivity contribution is 5.32. The summed E-state index contributed by atoms with van der Waals surface area (Å²) in [7, 11) is 0. The van der Waals surface area contributed by atoms with Crippen molar-refractivity contribution >= 4 is 11.7 Å². The van der Waals surface area contributed by atoms with Gasteiger partial charge in [0.2, 0.25) is 0 Å². The third-order valence-corrected chi connectivity index (χ3v) is 0.696. The first-order valence-corrected chi connectivity index (χ1v) is 2.07. The van der Waals surface area contributed by atoms with Crippen molar-refractivity contribution < 1.29 is 9.45 Å². The Morgan fingerprint density at radius 3 is 2.78 bits per heavy atom. The Labute approximate surface area is 49.4 Å². The quantitative estimate of drug-likeness (QED) is 0.430. The lowest BCUT2D eigenvalue weighted by Crippen LogP contribution is -1.83. The maximum atomic E-state index is 9.83. The van der Waals surface area contributed by atoms with Crippen molar-refractivity contribution in [3.05, 3.63) is 16.2 Å². The molecule has 1 heterocycles. The standard InChI is InChI=1S/C3H3N3O3/c4-2-1-3(6(7)8)9-5-2/h1H,(H2,4,5). The van der Waals surface area contributed by atoms with Crippen LogP contribution in [0.2, 0.25) is 0 Å². The molecule has 9 heavy (non-hydrogen) atoms. The predicted molar refractivity (Wildman–Crippen MR) is 27.6 cm³/mol. The fourth-order valence-corrected chi connectivity index (χ4v) is 0.365. The van der Waals surface area contributed by atoms with Crippen molar-refractivity contribution in [2.75, 3.05) is 5.73 Å². The molecule has 0 saturated heterocycles. The molecule has 0 unspecified atom stereocenters. The average molecular weight is 129 g/mol. The van der Waals surface area contributed by atoms with Crippen LogP contribution in [-0.4, -0.2) is 10.1 Å². The number of nitrogens with zero attached hydrogens (tertiary/aromatic N) is 2. The molecule has 0 spiro atoms. The molecule has 0 saturated carbocycles. The number of nitro groups is 1. The van der Waals surface area contributed by atoms with Crippen LogP contribution in [0.1, 0.15) is 0 Å². The number of hydrogen-bond acceptors (Lipinski definition) is 5. The van der Waals surface area contributed by atoms with Gasteiger partial charge in [-0.1, -0.05) is 5.16 Å². The molecule has 0 aliphatic carbocycles. The molecule has 0 radical (unpaired) electrons. The van der Waals surface area contributed by atoms with Crippen LogP contribution in [0.5, 0.6) is 0 Å². The molecule has 1 aromatic rings. The van der Waals surface area contributed by atoms with Crippen molar-refractivity contribution in [2.45, 2.75) is 0 Å². The second-order valence-corrected chi connectivity index (χ2v) is 1.35. The molecule has 0 bridgehead atoms. The first-order valence-electron chi connectivity index (χ1n) is 2.07. The van der Waals surface area contributed by atoms with E-state index in [9.17, 15) is 10.1 Å². The molecule has 0 amide bonds. The lowest BCUT2D eigenvalue weighted by atomic mass is 10.6. The minimum atomic E-state index is -0.705. The second kappa shape index (κ2) is 1.73. The largest absolute Gasteiger partial charge is 0.457 e. The smallest absolute Gasteiger partial charge is 0.381 e. The zero-order chi connectivity index (χ0) is 6.85. The number of anilines is 1. The molecule has 6 heteroatoms. The van der Waals surface area contributed by atoms with Gasteiger partial charge in [-0.25, -0.2) is 0 Å². The van der Waals surface area contributed by atoms with Crippen molar-refractivity contribution in [3.8, 4) is 0 Å². The summed E-state index contributed by atoms with van der Waals surface area (Å²) in [5.41, 5.74) is 5.01. The molecular formula is C3H3N3O3. The maximum absolute atomic E-state index is 9.83. The Balaban J connectivity index is 2.98. The monoisotopic (exact) mass is 129 g/mol. The van der Waals surface area contributed by atoms with Gasteiger partial charge in [0.05, 0.1) is 0 Å². The van der Waals surface area contributed by atoms with Gasteiger partial charge in [-0.05, 0) is 0 Å². The highest BCUT2D eigenvalue weighted by atomic mass is 16.7. The summed E-state index contributed by atoms with van der Waals surface area (Å²) in [5, 5.41) is 12.9. The lowest BCUT2D eigenvalue weighted by Gasteiger charge is -1.74. The van der Waals surface area contributed by atoms with E-state index in [0.717, 1.165) is 6.07 Å². The van der Waals surface area contributed by atoms with Crippen molar-refractivity contribution in [1.29, 1.82) is 0 Å². The van der Waals surface area contributed by atoms with Gasteiger partial charge in [0.25, 0.3) is 0 Å². The summed E-state index contributed by atoms with van der Waals surface area (Å²) in [4.78, 5) is 9.13. The summed E-state index contributed by atoms with van der Waals surface area (Å²) in [6.07, 6.45) is 0. The molecule has 0 aliphatic rings. The van der Waals surface area contributed by atoms with E-state index in [1.807, 2.05) is 0 Å². The number of nitrogens with two attached hydrogens (primary N) is 1. The summed E-state index contributed by atoms with van der Waals surface area (Å²) in [6.45, 7) is 0. The molecule has 6 nitrogen and oxygen atoms in total. The van der Waals surface area contributed by atoms with Gasteiger partial charge in [0.15, 0.2) is 5.82 Å². The molecule has 2 N–H and O–H groups in total. The number of rotatable bonds is 1. The molecule has 0 aromatic carbocycles. The van der Waals surface area contributed by atoms with Gasteiger partial charge in [0.1, 0.15) is 11.0 Å². The lowest BCUT2D eigenvalue weighted by molar-refractivity contribution is -0.404. The zero-order valence-corrected chi connectivity index (χ0v) is 4.27. The Morgan fingerprint density at radius 1 is 1.89 bits per heavy atom. The third kappa shape index (κ3) is 0.958. The fourth-order valence-electron chi connectivity index (χ4n) is 0.365. The van der Waals surface area contributed by atoms with Crippen LogP contribution in [0, 0.1) is 10.1 Å². The fraction of sp³-hybridized carbons (Fsp3) is 0.